The Morgan fingerprint density at radius 2 is 1.39 bits per heavy atom. The van der Waals surface area contributed by atoms with Gasteiger partial charge in [-0.1, -0.05) is 18.2 Å². The number of Topliss-reactive ketones (excluding diaryl/α,β-unsaturated/α-hetero) is 1. The maximum absolute atomic E-state index is 12.5. The van der Waals surface area contributed by atoms with Gasteiger partial charge in [-0.25, -0.2) is 0 Å². The molecule has 0 saturated carbocycles. The minimum atomic E-state index is -0.320. The number of aryl methyl sites for hydroxylation is 1. The number of carbonyl (C=O) groups excluding carboxylic acids is 3. The predicted octanol–water partition coefficient (Wildman–Crippen LogP) is 5.57. The molecule has 0 spiro atoms. The van der Waals surface area contributed by atoms with Crippen LogP contribution >= 0.6 is 11.8 Å². The van der Waals surface area contributed by atoms with Gasteiger partial charge in [0.15, 0.2) is 5.78 Å². The van der Waals surface area contributed by atoms with E-state index in [0.717, 1.165) is 10.5 Å². The van der Waals surface area contributed by atoms with Gasteiger partial charge in [0.25, 0.3) is 5.91 Å². The fourth-order valence-corrected chi connectivity index (χ4v) is 3.80. The minimum Gasteiger partial charge on any atom is -0.325 e. The third kappa shape index (κ3) is 6.06. The first kappa shape index (κ1) is 22.3. The van der Waals surface area contributed by atoms with Crippen LogP contribution in [0, 0.1) is 6.92 Å². The van der Waals surface area contributed by atoms with Gasteiger partial charge in [-0.3, -0.25) is 14.4 Å². The summed E-state index contributed by atoms with van der Waals surface area (Å²) in [6.07, 6.45) is 0. The van der Waals surface area contributed by atoms with Gasteiger partial charge in [-0.05, 0) is 80.9 Å². The molecule has 5 nitrogen and oxygen atoms in total. The van der Waals surface area contributed by atoms with Crippen LogP contribution in [0.25, 0.3) is 0 Å². The van der Waals surface area contributed by atoms with Gasteiger partial charge < -0.3 is 10.6 Å². The zero-order valence-electron chi connectivity index (χ0n) is 17.6. The molecule has 3 aromatic rings. The Kier molecular flexibility index (Phi) is 7.26. The zero-order valence-corrected chi connectivity index (χ0v) is 18.5. The fourth-order valence-electron chi connectivity index (χ4n) is 2.93. The van der Waals surface area contributed by atoms with Gasteiger partial charge in [0, 0.05) is 27.4 Å². The van der Waals surface area contributed by atoms with Gasteiger partial charge in [-0.2, -0.15) is 0 Å². The second kappa shape index (κ2) is 10.1. The third-order valence-electron chi connectivity index (χ3n) is 4.74. The summed E-state index contributed by atoms with van der Waals surface area (Å²) in [7, 11) is 0. The topological polar surface area (TPSA) is 75.3 Å². The standard InChI is InChI=1S/C25H24N2O3S/c1-16-6-4-5-7-23(16)25(30)27-21-12-14-22(15-13-21)31-18(3)24(29)26-20-10-8-19(9-11-20)17(2)28/h4-15,18H,1-3H3,(H,26,29)(H,27,30). The average molecular weight is 433 g/mol. The van der Waals surface area contributed by atoms with E-state index in [-0.39, 0.29) is 22.8 Å². The highest BCUT2D eigenvalue weighted by atomic mass is 32.2. The Morgan fingerprint density at radius 3 is 2.00 bits per heavy atom. The molecule has 6 heteroatoms. The molecule has 0 fully saturated rings. The van der Waals surface area contributed by atoms with E-state index in [1.165, 1.54) is 18.7 Å². The molecule has 0 heterocycles. The Bertz CT molecular complexity index is 1090. The third-order valence-corrected chi connectivity index (χ3v) is 5.85. The van der Waals surface area contributed by atoms with E-state index >= 15 is 0 Å². The number of rotatable bonds is 7. The van der Waals surface area contributed by atoms with Crippen LogP contribution in [0.4, 0.5) is 11.4 Å². The average Bonchev–Trinajstić information content (AvgIpc) is 2.75. The number of thioether (sulfide) groups is 1. The smallest absolute Gasteiger partial charge is 0.255 e. The molecule has 0 aliphatic rings. The molecule has 0 aliphatic heterocycles. The van der Waals surface area contributed by atoms with Crippen LogP contribution in [0.3, 0.4) is 0 Å². The Labute approximate surface area is 186 Å². The molecular formula is C25H24N2O3S. The summed E-state index contributed by atoms with van der Waals surface area (Å²) in [5, 5.41) is 5.44. The van der Waals surface area contributed by atoms with Gasteiger partial charge in [-0.15, -0.1) is 11.8 Å². The predicted molar refractivity (Wildman–Crippen MR) is 126 cm³/mol. The van der Waals surface area contributed by atoms with E-state index < -0.39 is 0 Å². The number of benzene rings is 3. The van der Waals surface area contributed by atoms with Crippen molar-refractivity contribution >= 4 is 40.7 Å². The van der Waals surface area contributed by atoms with Crippen molar-refractivity contribution in [2.24, 2.45) is 0 Å². The number of ketones is 1. The van der Waals surface area contributed by atoms with E-state index in [4.69, 9.17) is 0 Å². The zero-order chi connectivity index (χ0) is 22.4. The lowest BCUT2D eigenvalue weighted by Gasteiger charge is -2.13. The molecule has 0 aliphatic carbocycles. The summed E-state index contributed by atoms with van der Waals surface area (Å²) < 4.78 is 0. The molecule has 2 amide bonds. The highest BCUT2D eigenvalue weighted by Crippen LogP contribution is 2.26. The molecule has 3 rings (SSSR count). The van der Waals surface area contributed by atoms with E-state index in [9.17, 15) is 14.4 Å². The lowest BCUT2D eigenvalue weighted by molar-refractivity contribution is -0.115. The molecule has 158 valence electrons. The maximum Gasteiger partial charge on any atom is 0.255 e. The molecule has 0 radical (unpaired) electrons. The molecule has 0 aromatic heterocycles. The van der Waals surface area contributed by atoms with E-state index in [0.29, 0.717) is 22.5 Å². The summed E-state index contributed by atoms with van der Waals surface area (Å²) in [5.41, 5.74) is 3.51. The van der Waals surface area contributed by atoms with Crippen molar-refractivity contribution in [3.05, 3.63) is 89.5 Å². The first-order chi connectivity index (χ1) is 14.8. The van der Waals surface area contributed by atoms with Crippen molar-refractivity contribution < 1.29 is 14.4 Å². The van der Waals surface area contributed by atoms with Gasteiger partial charge >= 0.3 is 0 Å². The van der Waals surface area contributed by atoms with Gasteiger partial charge in [0.2, 0.25) is 5.91 Å². The van der Waals surface area contributed by atoms with Crippen LogP contribution in [-0.4, -0.2) is 22.8 Å². The monoisotopic (exact) mass is 432 g/mol. The van der Waals surface area contributed by atoms with Gasteiger partial charge in [0.05, 0.1) is 5.25 Å². The Morgan fingerprint density at radius 1 is 0.806 bits per heavy atom. The number of carbonyl (C=O) groups is 3. The molecule has 2 N–H and O–H groups in total. The fraction of sp³-hybridized carbons (Fsp3) is 0.160. The van der Waals surface area contributed by atoms with Crippen LogP contribution in [0.2, 0.25) is 0 Å². The number of hydrogen-bond acceptors (Lipinski definition) is 4. The first-order valence-electron chi connectivity index (χ1n) is 9.89. The second-order valence-corrected chi connectivity index (χ2v) is 8.59. The van der Waals surface area contributed by atoms with Crippen LogP contribution < -0.4 is 10.6 Å². The highest BCUT2D eigenvalue weighted by molar-refractivity contribution is 8.00. The molecule has 31 heavy (non-hydrogen) atoms. The Balaban J connectivity index is 1.56. The molecule has 0 bridgehead atoms. The molecule has 1 unspecified atom stereocenters. The quantitative estimate of drug-likeness (QED) is 0.378. The SMILES string of the molecule is CC(=O)c1ccc(NC(=O)C(C)Sc2ccc(NC(=O)c3ccccc3C)cc2)cc1. The number of anilines is 2. The Hall–Kier alpha value is -3.38. The van der Waals surface area contributed by atoms with Crippen molar-refractivity contribution in [1.82, 2.24) is 0 Å². The minimum absolute atomic E-state index is 0.0136. The van der Waals surface area contributed by atoms with E-state index in [2.05, 4.69) is 10.6 Å². The molecule has 0 saturated heterocycles. The van der Waals surface area contributed by atoms with Gasteiger partial charge in [0.1, 0.15) is 0 Å². The molecule has 1 atom stereocenters. The highest BCUT2D eigenvalue weighted by Gasteiger charge is 2.15. The summed E-state index contributed by atoms with van der Waals surface area (Å²) in [6, 6.07) is 21.7. The summed E-state index contributed by atoms with van der Waals surface area (Å²) >= 11 is 1.43. The van der Waals surface area contributed by atoms with Crippen molar-refractivity contribution in [2.75, 3.05) is 10.6 Å². The van der Waals surface area contributed by atoms with Crippen LogP contribution in [0.15, 0.2) is 77.7 Å². The van der Waals surface area contributed by atoms with Crippen LogP contribution in [0.5, 0.6) is 0 Å². The maximum atomic E-state index is 12.5. The van der Waals surface area contributed by atoms with Crippen LogP contribution in [-0.2, 0) is 4.79 Å². The normalized spacial score (nSPS) is 11.5. The van der Waals surface area contributed by atoms with Crippen molar-refractivity contribution in [3.63, 3.8) is 0 Å². The first-order valence-corrected chi connectivity index (χ1v) is 10.8. The molecule has 3 aromatic carbocycles. The van der Waals surface area contributed by atoms with E-state index in [1.54, 1.807) is 30.3 Å². The van der Waals surface area contributed by atoms with Crippen LogP contribution in [0.1, 0.15) is 40.1 Å². The molecular weight excluding hydrogens is 408 g/mol. The van der Waals surface area contributed by atoms with Crippen molar-refractivity contribution in [1.29, 1.82) is 0 Å². The largest absolute Gasteiger partial charge is 0.325 e. The van der Waals surface area contributed by atoms with E-state index in [1.807, 2.05) is 56.3 Å². The van der Waals surface area contributed by atoms with Crippen molar-refractivity contribution in [2.45, 2.75) is 30.9 Å². The van der Waals surface area contributed by atoms with Crippen molar-refractivity contribution in [3.8, 4) is 0 Å². The summed E-state index contributed by atoms with van der Waals surface area (Å²) in [6.45, 7) is 5.24. The summed E-state index contributed by atoms with van der Waals surface area (Å²) in [5.74, 6) is -0.292. The second-order valence-electron chi connectivity index (χ2n) is 7.18. The number of hydrogen-bond donors (Lipinski definition) is 2. The lowest BCUT2D eigenvalue weighted by atomic mass is 10.1. The summed E-state index contributed by atoms with van der Waals surface area (Å²) in [4.78, 5) is 37.2. The number of amides is 2. The lowest BCUT2D eigenvalue weighted by Crippen LogP contribution is -2.22. The number of nitrogens with one attached hydrogen (secondary N) is 2.